The summed E-state index contributed by atoms with van der Waals surface area (Å²) in [5, 5.41) is 9.13. The Kier molecular flexibility index (Phi) is 4.67. The van der Waals surface area contributed by atoms with E-state index in [4.69, 9.17) is 0 Å². The summed E-state index contributed by atoms with van der Waals surface area (Å²) in [4.78, 5) is 30.4. The molecule has 0 saturated carbocycles. The van der Waals surface area contributed by atoms with Crippen molar-refractivity contribution in [1.82, 2.24) is 14.8 Å². The number of hydrogen-bond donors (Lipinski definition) is 1. The average Bonchev–Trinajstić information content (AvgIpc) is 2.87. The first-order valence-corrected chi connectivity index (χ1v) is 8.92. The van der Waals surface area contributed by atoms with Crippen molar-refractivity contribution in [3.8, 4) is 0 Å². The SMILES string of the molecule is Cc1nc(NC(=O)Cc2nn(C(C)C)c(=O)c3ccccc23)sc1C. The molecular weight excluding hydrogens is 336 g/mol. The summed E-state index contributed by atoms with van der Waals surface area (Å²) in [6, 6.07) is 7.18. The van der Waals surface area contributed by atoms with Crippen LogP contribution < -0.4 is 10.9 Å². The van der Waals surface area contributed by atoms with Crippen LogP contribution in [0.4, 0.5) is 5.13 Å². The Labute approximate surface area is 149 Å². The third-order valence-electron chi connectivity index (χ3n) is 4.00. The fraction of sp³-hybridized carbons (Fsp3) is 0.333. The van der Waals surface area contributed by atoms with E-state index in [0.29, 0.717) is 21.6 Å². The first-order chi connectivity index (χ1) is 11.9. The highest BCUT2D eigenvalue weighted by atomic mass is 32.1. The van der Waals surface area contributed by atoms with Gasteiger partial charge in [-0.05, 0) is 33.8 Å². The largest absolute Gasteiger partial charge is 0.302 e. The second-order valence-corrected chi connectivity index (χ2v) is 7.42. The first kappa shape index (κ1) is 17.3. The predicted octanol–water partition coefficient (Wildman–Crippen LogP) is 3.23. The maximum absolute atomic E-state index is 12.5. The van der Waals surface area contributed by atoms with E-state index in [1.54, 1.807) is 6.07 Å². The normalized spacial score (nSPS) is 11.2. The van der Waals surface area contributed by atoms with Crippen LogP contribution in [-0.4, -0.2) is 20.7 Å². The number of carbonyl (C=O) groups is 1. The van der Waals surface area contributed by atoms with Crippen molar-refractivity contribution in [2.24, 2.45) is 0 Å². The molecule has 0 aliphatic heterocycles. The maximum atomic E-state index is 12.5. The van der Waals surface area contributed by atoms with Crippen molar-refractivity contribution >= 4 is 33.1 Å². The van der Waals surface area contributed by atoms with E-state index in [-0.39, 0.29) is 23.9 Å². The molecule has 2 aromatic heterocycles. The molecule has 0 radical (unpaired) electrons. The second-order valence-electron chi connectivity index (χ2n) is 6.22. The third-order valence-corrected chi connectivity index (χ3v) is 4.99. The number of rotatable bonds is 4. The van der Waals surface area contributed by atoms with E-state index < -0.39 is 0 Å². The van der Waals surface area contributed by atoms with Gasteiger partial charge in [-0.3, -0.25) is 9.59 Å². The van der Waals surface area contributed by atoms with Crippen molar-refractivity contribution in [1.29, 1.82) is 0 Å². The van der Waals surface area contributed by atoms with Gasteiger partial charge < -0.3 is 5.32 Å². The van der Waals surface area contributed by atoms with Crippen molar-refractivity contribution in [2.75, 3.05) is 5.32 Å². The molecule has 3 rings (SSSR count). The molecule has 0 unspecified atom stereocenters. The van der Waals surface area contributed by atoms with Gasteiger partial charge in [0.25, 0.3) is 5.56 Å². The monoisotopic (exact) mass is 356 g/mol. The summed E-state index contributed by atoms with van der Waals surface area (Å²) in [6.07, 6.45) is 0.0885. The predicted molar refractivity (Wildman–Crippen MR) is 100 cm³/mol. The zero-order valence-electron chi connectivity index (χ0n) is 14.7. The van der Waals surface area contributed by atoms with Gasteiger partial charge in [-0.25, -0.2) is 9.67 Å². The number of amides is 1. The van der Waals surface area contributed by atoms with E-state index in [2.05, 4.69) is 15.4 Å². The summed E-state index contributed by atoms with van der Waals surface area (Å²) >= 11 is 1.45. The Bertz CT molecular complexity index is 984. The maximum Gasteiger partial charge on any atom is 0.274 e. The second kappa shape index (κ2) is 6.76. The lowest BCUT2D eigenvalue weighted by atomic mass is 10.1. The van der Waals surface area contributed by atoms with Crippen LogP contribution in [0, 0.1) is 13.8 Å². The van der Waals surface area contributed by atoms with Crippen LogP contribution >= 0.6 is 11.3 Å². The van der Waals surface area contributed by atoms with Gasteiger partial charge in [-0.1, -0.05) is 18.2 Å². The topological polar surface area (TPSA) is 76.9 Å². The molecule has 6 nitrogen and oxygen atoms in total. The Hall–Kier alpha value is -2.54. The fourth-order valence-electron chi connectivity index (χ4n) is 2.60. The van der Waals surface area contributed by atoms with Gasteiger partial charge in [0, 0.05) is 10.3 Å². The van der Waals surface area contributed by atoms with Crippen molar-refractivity contribution in [2.45, 2.75) is 40.2 Å². The zero-order valence-corrected chi connectivity index (χ0v) is 15.5. The van der Waals surface area contributed by atoms with E-state index in [0.717, 1.165) is 10.6 Å². The van der Waals surface area contributed by atoms with Gasteiger partial charge in [0.05, 0.1) is 29.2 Å². The molecule has 3 aromatic rings. The average molecular weight is 356 g/mol. The molecule has 0 fully saturated rings. The number of nitrogens with one attached hydrogen (secondary N) is 1. The number of carbonyl (C=O) groups excluding carboxylic acids is 1. The quantitative estimate of drug-likeness (QED) is 0.778. The molecule has 0 bridgehead atoms. The van der Waals surface area contributed by atoms with Gasteiger partial charge in [0.15, 0.2) is 5.13 Å². The smallest absolute Gasteiger partial charge is 0.274 e. The van der Waals surface area contributed by atoms with Crippen molar-refractivity contribution < 1.29 is 4.79 Å². The molecule has 0 aliphatic carbocycles. The Morgan fingerprint density at radius 2 is 1.92 bits per heavy atom. The summed E-state index contributed by atoms with van der Waals surface area (Å²) in [6.45, 7) is 7.67. The first-order valence-electron chi connectivity index (χ1n) is 8.11. The number of fused-ring (bicyclic) bond motifs is 1. The molecular formula is C18H20N4O2S. The molecule has 7 heteroatoms. The molecule has 1 aromatic carbocycles. The van der Waals surface area contributed by atoms with Crippen molar-refractivity contribution in [3.63, 3.8) is 0 Å². The van der Waals surface area contributed by atoms with E-state index in [1.807, 2.05) is 45.9 Å². The Balaban J connectivity index is 1.96. The van der Waals surface area contributed by atoms with Crippen LogP contribution in [0.3, 0.4) is 0 Å². The minimum absolute atomic E-state index is 0.0804. The number of anilines is 1. The highest BCUT2D eigenvalue weighted by molar-refractivity contribution is 7.15. The minimum atomic E-state index is -0.194. The molecule has 0 atom stereocenters. The van der Waals surface area contributed by atoms with Crippen LogP contribution in [0.1, 0.15) is 36.2 Å². The van der Waals surface area contributed by atoms with Gasteiger partial charge in [0.2, 0.25) is 5.91 Å². The Morgan fingerprint density at radius 3 is 2.52 bits per heavy atom. The van der Waals surface area contributed by atoms with Gasteiger partial charge in [-0.2, -0.15) is 5.10 Å². The molecule has 0 spiro atoms. The molecule has 2 heterocycles. The summed E-state index contributed by atoms with van der Waals surface area (Å²) < 4.78 is 1.43. The standard InChI is InChI=1S/C18H20N4O2S/c1-10(2)22-17(24)14-8-6-5-7-13(14)15(21-22)9-16(23)20-18-19-11(3)12(4)25-18/h5-8,10H,9H2,1-4H3,(H,19,20,23). The molecule has 25 heavy (non-hydrogen) atoms. The fourth-order valence-corrected chi connectivity index (χ4v) is 3.43. The molecule has 1 amide bonds. The van der Waals surface area contributed by atoms with Gasteiger partial charge in [0.1, 0.15) is 0 Å². The van der Waals surface area contributed by atoms with Crippen molar-refractivity contribution in [3.05, 3.63) is 50.9 Å². The molecule has 0 saturated heterocycles. The summed E-state index contributed by atoms with van der Waals surface area (Å²) in [7, 11) is 0. The molecule has 1 N–H and O–H groups in total. The van der Waals surface area contributed by atoms with E-state index >= 15 is 0 Å². The lowest BCUT2D eigenvalue weighted by Gasteiger charge is -2.13. The van der Waals surface area contributed by atoms with E-state index in [1.165, 1.54) is 16.0 Å². The molecule has 0 aliphatic rings. The highest BCUT2D eigenvalue weighted by Gasteiger charge is 2.16. The van der Waals surface area contributed by atoms with Gasteiger partial charge in [-0.15, -0.1) is 11.3 Å². The highest BCUT2D eigenvalue weighted by Crippen LogP contribution is 2.22. The van der Waals surface area contributed by atoms with E-state index in [9.17, 15) is 9.59 Å². The summed E-state index contributed by atoms with van der Waals surface area (Å²) in [5.41, 5.74) is 1.37. The molecule has 130 valence electrons. The third kappa shape index (κ3) is 3.46. The van der Waals surface area contributed by atoms with Crippen LogP contribution in [0.5, 0.6) is 0 Å². The number of hydrogen-bond acceptors (Lipinski definition) is 5. The number of thiazole rings is 1. The van der Waals surface area contributed by atoms with Crippen LogP contribution in [0.15, 0.2) is 29.1 Å². The lowest BCUT2D eigenvalue weighted by molar-refractivity contribution is -0.115. The minimum Gasteiger partial charge on any atom is -0.302 e. The number of benzene rings is 1. The number of aromatic nitrogens is 3. The number of nitrogens with zero attached hydrogens (tertiary/aromatic N) is 3. The van der Waals surface area contributed by atoms with Gasteiger partial charge >= 0.3 is 0 Å². The van der Waals surface area contributed by atoms with Crippen LogP contribution in [0.2, 0.25) is 0 Å². The number of aryl methyl sites for hydroxylation is 2. The zero-order chi connectivity index (χ0) is 18.1. The Morgan fingerprint density at radius 1 is 1.24 bits per heavy atom. The summed E-state index contributed by atoms with van der Waals surface area (Å²) in [5.74, 6) is -0.194. The lowest BCUT2D eigenvalue weighted by Crippen LogP contribution is -2.27. The van der Waals surface area contributed by atoms with Crippen LogP contribution in [-0.2, 0) is 11.2 Å². The van der Waals surface area contributed by atoms with Crippen LogP contribution in [0.25, 0.3) is 10.8 Å².